The first-order chi connectivity index (χ1) is 12.2. The fourth-order valence-electron chi connectivity index (χ4n) is 3.31. The van der Waals surface area contributed by atoms with E-state index < -0.39 is 0 Å². The molecule has 4 rings (SSSR count). The highest BCUT2D eigenvalue weighted by atomic mass is 35.5. The van der Waals surface area contributed by atoms with Gasteiger partial charge in [-0.25, -0.2) is 4.98 Å². The van der Waals surface area contributed by atoms with E-state index in [0.717, 1.165) is 43.7 Å². The number of nitrogens with zero attached hydrogens (tertiary/aromatic N) is 2. The van der Waals surface area contributed by atoms with Crippen molar-refractivity contribution in [3.05, 3.63) is 62.7 Å². The summed E-state index contributed by atoms with van der Waals surface area (Å²) in [7, 11) is 0. The molecular weight excluding hydrogens is 373 g/mol. The van der Waals surface area contributed by atoms with E-state index in [0.29, 0.717) is 16.0 Å². The Kier molecular flexibility index (Phi) is 5.13. The van der Waals surface area contributed by atoms with Gasteiger partial charge in [0.25, 0.3) is 0 Å². The van der Waals surface area contributed by atoms with E-state index in [4.69, 9.17) is 28.2 Å². The predicted molar refractivity (Wildman–Crippen MR) is 106 cm³/mol. The Morgan fingerprint density at radius 1 is 1.16 bits per heavy atom. The van der Waals surface area contributed by atoms with E-state index in [-0.39, 0.29) is 0 Å². The first kappa shape index (κ1) is 17.1. The maximum absolute atomic E-state index is 6.13. The van der Waals surface area contributed by atoms with Gasteiger partial charge in [0.1, 0.15) is 0 Å². The maximum Gasteiger partial charge on any atom is 0.0964 e. The minimum atomic E-state index is 0.557. The molecule has 0 spiro atoms. The monoisotopic (exact) mass is 391 g/mol. The number of halogens is 2. The molecule has 0 saturated carbocycles. The van der Waals surface area contributed by atoms with Gasteiger partial charge >= 0.3 is 0 Å². The molecule has 3 aromatic rings. The number of aromatic amines is 1. The molecule has 0 bridgehead atoms. The van der Waals surface area contributed by atoms with Crippen LogP contribution in [0.3, 0.4) is 0 Å². The largest absolute Gasteiger partial charge is 0.364 e. The number of benzene rings is 1. The van der Waals surface area contributed by atoms with Crippen molar-refractivity contribution in [1.82, 2.24) is 14.9 Å². The molecule has 1 saturated heterocycles. The van der Waals surface area contributed by atoms with E-state index in [2.05, 4.69) is 27.4 Å². The van der Waals surface area contributed by atoms with Crippen LogP contribution in [-0.2, 0) is 6.54 Å². The van der Waals surface area contributed by atoms with Gasteiger partial charge in [0.05, 0.1) is 20.7 Å². The van der Waals surface area contributed by atoms with Crippen LogP contribution in [-0.4, -0.2) is 28.0 Å². The van der Waals surface area contributed by atoms with E-state index in [9.17, 15) is 0 Å². The van der Waals surface area contributed by atoms with Crippen molar-refractivity contribution in [3.63, 3.8) is 0 Å². The van der Waals surface area contributed by atoms with E-state index in [1.165, 1.54) is 10.7 Å². The average molecular weight is 392 g/mol. The van der Waals surface area contributed by atoms with Crippen molar-refractivity contribution in [2.45, 2.75) is 25.3 Å². The van der Waals surface area contributed by atoms with Crippen molar-refractivity contribution in [1.29, 1.82) is 0 Å². The topological polar surface area (TPSA) is 31.9 Å². The van der Waals surface area contributed by atoms with Gasteiger partial charge in [-0.05, 0) is 50.2 Å². The minimum Gasteiger partial charge on any atom is -0.364 e. The Bertz CT molecular complexity index is 836. The molecule has 0 atom stereocenters. The summed E-state index contributed by atoms with van der Waals surface area (Å²) in [6.07, 6.45) is 4.31. The maximum atomic E-state index is 6.13. The molecule has 1 aliphatic rings. The van der Waals surface area contributed by atoms with Crippen LogP contribution in [0, 0.1) is 0 Å². The fourth-order valence-corrected chi connectivity index (χ4v) is 4.61. The molecule has 0 unspecified atom stereocenters. The zero-order valence-electron chi connectivity index (χ0n) is 13.7. The molecule has 0 aliphatic carbocycles. The second-order valence-electron chi connectivity index (χ2n) is 6.45. The first-order valence-corrected chi connectivity index (χ1v) is 10.1. The molecule has 0 radical (unpaired) electrons. The normalized spacial score (nSPS) is 16.4. The van der Waals surface area contributed by atoms with Crippen molar-refractivity contribution in [2.24, 2.45) is 0 Å². The number of rotatable bonds is 4. The van der Waals surface area contributed by atoms with Crippen LogP contribution in [0.2, 0.25) is 10.0 Å². The van der Waals surface area contributed by atoms with Crippen LogP contribution in [0.15, 0.2) is 41.9 Å². The van der Waals surface area contributed by atoms with E-state index in [1.54, 1.807) is 11.3 Å². The van der Waals surface area contributed by atoms with Crippen molar-refractivity contribution < 1.29 is 0 Å². The zero-order valence-corrected chi connectivity index (χ0v) is 16.0. The molecule has 1 aromatic carbocycles. The number of H-pyrrole nitrogens is 1. The molecule has 1 fully saturated rings. The Labute approximate surface area is 161 Å². The number of likely N-dealkylation sites (tertiary alicyclic amines) is 1. The van der Waals surface area contributed by atoms with Gasteiger partial charge in [-0.3, -0.25) is 4.90 Å². The highest BCUT2D eigenvalue weighted by molar-refractivity contribution is 7.10. The molecule has 25 heavy (non-hydrogen) atoms. The SMILES string of the molecule is Clc1ccc(-c2csc(C3CCN(Cc4ccc[nH]4)CC3)n2)cc1Cl. The van der Waals surface area contributed by atoms with Crippen LogP contribution in [0.25, 0.3) is 11.3 Å². The number of aromatic nitrogens is 2. The lowest BCUT2D eigenvalue weighted by Gasteiger charge is -2.30. The van der Waals surface area contributed by atoms with Gasteiger partial charge in [0.15, 0.2) is 0 Å². The second kappa shape index (κ2) is 7.50. The molecule has 1 aliphatic heterocycles. The first-order valence-electron chi connectivity index (χ1n) is 8.44. The summed E-state index contributed by atoms with van der Waals surface area (Å²) in [5.41, 5.74) is 3.31. The molecule has 130 valence electrons. The van der Waals surface area contributed by atoms with Gasteiger partial charge in [-0.15, -0.1) is 11.3 Å². The smallest absolute Gasteiger partial charge is 0.0964 e. The molecule has 0 amide bonds. The molecule has 3 heterocycles. The summed E-state index contributed by atoms with van der Waals surface area (Å²) < 4.78 is 0. The standard InChI is InChI=1S/C19H19Cl2N3S/c20-16-4-3-14(10-17(16)21)18-12-25-19(23-18)13-5-8-24(9-6-13)11-15-2-1-7-22-15/h1-4,7,10,12-13,22H,5-6,8-9,11H2. The second-order valence-corrected chi connectivity index (χ2v) is 8.15. The summed E-state index contributed by atoms with van der Waals surface area (Å²) in [5.74, 6) is 0.557. The molecule has 3 nitrogen and oxygen atoms in total. The van der Waals surface area contributed by atoms with Gasteiger partial charge in [-0.1, -0.05) is 29.3 Å². The summed E-state index contributed by atoms with van der Waals surface area (Å²) in [4.78, 5) is 10.7. The van der Waals surface area contributed by atoms with E-state index in [1.807, 2.05) is 24.4 Å². The van der Waals surface area contributed by atoms with Gasteiger partial charge in [0.2, 0.25) is 0 Å². The van der Waals surface area contributed by atoms with Crippen molar-refractivity contribution in [2.75, 3.05) is 13.1 Å². The average Bonchev–Trinajstić information content (AvgIpc) is 3.30. The third kappa shape index (κ3) is 3.93. The van der Waals surface area contributed by atoms with Crippen LogP contribution in [0.4, 0.5) is 0 Å². The minimum absolute atomic E-state index is 0.557. The van der Waals surface area contributed by atoms with Crippen LogP contribution >= 0.6 is 34.5 Å². The number of hydrogen-bond acceptors (Lipinski definition) is 3. The summed E-state index contributed by atoms with van der Waals surface area (Å²) in [6, 6.07) is 9.91. The van der Waals surface area contributed by atoms with Crippen molar-refractivity contribution >= 4 is 34.5 Å². The van der Waals surface area contributed by atoms with Crippen molar-refractivity contribution in [3.8, 4) is 11.3 Å². The summed E-state index contributed by atoms with van der Waals surface area (Å²) in [6.45, 7) is 3.24. The van der Waals surface area contributed by atoms with Gasteiger partial charge in [-0.2, -0.15) is 0 Å². The van der Waals surface area contributed by atoms with Crippen LogP contribution in [0.1, 0.15) is 29.5 Å². The zero-order chi connectivity index (χ0) is 17.2. The number of thiazole rings is 1. The third-order valence-corrected chi connectivity index (χ3v) is 6.48. The quantitative estimate of drug-likeness (QED) is 0.606. The Morgan fingerprint density at radius 2 is 2.00 bits per heavy atom. The van der Waals surface area contributed by atoms with Crippen LogP contribution < -0.4 is 0 Å². The van der Waals surface area contributed by atoms with Gasteiger partial charge < -0.3 is 4.98 Å². The fraction of sp³-hybridized carbons (Fsp3) is 0.316. The molecule has 6 heteroatoms. The lowest BCUT2D eigenvalue weighted by molar-refractivity contribution is 0.203. The predicted octanol–water partition coefficient (Wildman–Crippen LogP) is 5.82. The molecule has 1 N–H and O–H groups in total. The van der Waals surface area contributed by atoms with E-state index >= 15 is 0 Å². The Morgan fingerprint density at radius 3 is 2.72 bits per heavy atom. The highest BCUT2D eigenvalue weighted by Gasteiger charge is 2.23. The molecule has 2 aromatic heterocycles. The summed E-state index contributed by atoms with van der Waals surface area (Å²) in [5, 5.41) is 4.52. The number of nitrogens with one attached hydrogen (secondary N) is 1. The number of hydrogen-bond donors (Lipinski definition) is 1. The highest BCUT2D eigenvalue weighted by Crippen LogP contribution is 2.34. The molecular formula is C19H19Cl2N3S. The van der Waals surface area contributed by atoms with Gasteiger partial charge in [0, 0.05) is 35.3 Å². The summed E-state index contributed by atoms with van der Waals surface area (Å²) >= 11 is 13.9. The van der Waals surface area contributed by atoms with Crippen LogP contribution in [0.5, 0.6) is 0 Å². The lowest BCUT2D eigenvalue weighted by atomic mass is 9.97. The lowest BCUT2D eigenvalue weighted by Crippen LogP contribution is -2.32. The third-order valence-electron chi connectivity index (χ3n) is 4.73. The Hall–Kier alpha value is -1.33. The Balaban J connectivity index is 1.40. The number of piperidine rings is 1.